The number of rotatable bonds is 22. The van der Waals surface area contributed by atoms with Crippen molar-refractivity contribution in [3.05, 3.63) is 248 Å². The SMILES string of the molecule is CCc1ccc(-c2ccc(Cc3c(CC(COC)C(F)(F)F)ccc(Oc4ccc(CC(COC)C(F)(F)F)c(Cc5ccc(-c6ccc(CC)cc6F)cc5)c4C(F)(F)c4ccccc4)c3C(F)(F)c3ccccc3)cc2)c(F)c1. The summed E-state index contributed by atoms with van der Waals surface area (Å²) in [5.74, 6) is -15.2. The van der Waals surface area contributed by atoms with E-state index in [4.69, 9.17) is 14.2 Å². The Morgan fingerprint density at radius 1 is 0.407 bits per heavy atom. The maximum atomic E-state index is 18.0. The summed E-state index contributed by atoms with van der Waals surface area (Å²) in [5, 5.41) is 0. The molecule has 424 valence electrons. The lowest BCUT2D eigenvalue weighted by Crippen LogP contribution is -2.30. The fourth-order valence-corrected chi connectivity index (χ4v) is 10.2. The van der Waals surface area contributed by atoms with Gasteiger partial charge in [-0.05, 0) is 118 Å². The summed E-state index contributed by atoms with van der Waals surface area (Å²) in [4.78, 5) is 0. The van der Waals surface area contributed by atoms with Gasteiger partial charge in [-0.15, -0.1) is 0 Å². The highest BCUT2D eigenvalue weighted by Crippen LogP contribution is 2.51. The lowest BCUT2D eigenvalue weighted by molar-refractivity contribution is -0.186. The zero-order valence-corrected chi connectivity index (χ0v) is 44.7. The Morgan fingerprint density at radius 3 is 1.06 bits per heavy atom. The highest BCUT2D eigenvalue weighted by Gasteiger charge is 2.46. The summed E-state index contributed by atoms with van der Waals surface area (Å²) in [6.07, 6.45) is -11.3. The van der Waals surface area contributed by atoms with Crippen LogP contribution in [0.25, 0.3) is 22.3 Å². The van der Waals surface area contributed by atoms with E-state index in [0.717, 1.165) is 73.9 Å². The van der Waals surface area contributed by atoms with Crippen molar-refractivity contribution >= 4 is 0 Å². The molecule has 2 unspecified atom stereocenters. The number of ether oxygens (including phenoxy) is 3. The molecule has 2 atom stereocenters. The molecule has 8 aromatic rings. The molecule has 0 aliphatic rings. The van der Waals surface area contributed by atoms with Crippen molar-refractivity contribution in [3.8, 4) is 33.8 Å². The molecular formula is C66H58F12O3. The molecule has 3 nitrogen and oxygen atoms in total. The van der Waals surface area contributed by atoms with E-state index in [9.17, 15) is 26.3 Å². The molecule has 8 aromatic carbocycles. The molecule has 0 amide bonds. The van der Waals surface area contributed by atoms with Gasteiger partial charge in [-0.25, -0.2) is 8.78 Å². The predicted octanol–water partition coefficient (Wildman–Crippen LogP) is 18.4. The van der Waals surface area contributed by atoms with Crippen LogP contribution in [0.4, 0.5) is 52.7 Å². The van der Waals surface area contributed by atoms with E-state index in [0.29, 0.717) is 35.1 Å². The number of halogens is 12. The summed E-state index contributed by atoms with van der Waals surface area (Å²) in [6.45, 7) is 2.04. The molecule has 0 fully saturated rings. The Kier molecular flexibility index (Phi) is 18.6. The molecule has 0 heterocycles. The van der Waals surface area contributed by atoms with Gasteiger partial charge in [-0.3, -0.25) is 0 Å². The molecule has 0 aliphatic carbocycles. The maximum Gasteiger partial charge on any atom is 0.394 e. The van der Waals surface area contributed by atoms with Crippen molar-refractivity contribution in [2.45, 2.75) is 76.6 Å². The summed E-state index contributed by atoms with van der Waals surface area (Å²) >= 11 is 0. The summed E-state index contributed by atoms with van der Waals surface area (Å²) < 4.78 is 208. The van der Waals surface area contributed by atoms with Crippen LogP contribution in [0.1, 0.15) is 80.6 Å². The fraction of sp³-hybridized carbons (Fsp3) is 0.273. The second kappa shape index (κ2) is 25.2. The normalized spacial score (nSPS) is 13.1. The monoisotopic (exact) mass is 1130 g/mol. The van der Waals surface area contributed by atoms with E-state index < -0.39 is 120 Å². The van der Waals surface area contributed by atoms with Crippen molar-refractivity contribution in [2.24, 2.45) is 11.8 Å². The first-order valence-corrected chi connectivity index (χ1v) is 26.3. The zero-order valence-electron chi connectivity index (χ0n) is 44.7. The molecule has 0 saturated carbocycles. The fourth-order valence-electron chi connectivity index (χ4n) is 10.2. The van der Waals surface area contributed by atoms with Gasteiger partial charge in [-0.1, -0.05) is 159 Å². The minimum absolute atomic E-state index is 0.204. The van der Waals surface area contributed by atoms with Gasteiger partial charge < -0.3 is 14.2 Å². The van der Waals surface area contributed by atoms with Gasteiger partial charge in [0.05, 0.1) is 36.2 Å². The van der Waals surface area contributed by atoms with Gasteiger partial charge in [0.15, 0.2) is 0 Å². The molecule has 0 saturated heterocycles. The molecular weight excluding hydrogens is 1070 g/mol. The largest absolute Gasteiger partial charge is 0.456 e. The van der Waals surface area contributed by atoms with Gasteiger partial charge in [-0.2, -0.15) is 43.9 Å². The Balaban J connectivity index is 1.37. The van der Waals surface area contributed by atoms with Crippen LogP contribution < -0.4 is 4.74 Å². The Labute approximate surface area is 463 Å². The molecule has 0 bridgehead atoms. The van der Waals surface area contributed by atoms with Crippen molar-refractivity contribution in [2.75, 3.05) is 27.4 Å². The molecule has 8 rings (SSSR count). The summed E-state index contributed by atoms with van der Waals surface area (Å²) in [6, 6.07) is 38.6. The Morgan fingerprint density at radius 2 is 0.753 bits per heavy atom. The highest BCUT2D eigenvalue weighted by atomic mass is 19.4. The average Bonchev–Trinajstić information content (AvgIpc) is 3.57. The standard InChI is InChI=1S/C66H58F12O3/c1-5-41-21-29-53(57(67)35-41)45-23-17-43(18-24-45)33-55-47(37-51(39-79-3)65(73,74)75)27-31-59(61(55)63(69,70)49-13-9-7-10-14-49)81-60-32-28-48(38-52(40-80-4)66(76,77)78)56(62(60)64(71,72)50-15-11-8-12-16-50)34-44-19-25-46(26-20-44)54-30-22-42(6-2)36-58(54)68/h7-32,35-36,51-52H,5-6,33-34,37-40H2,1-4H3. The van der Waals surface area contributed by atoms with E-state index in [1.165, 1.54) is 72.8 Å². The lowest BCUT2D eigenvalue weighted by atomic mass is 9.84. The third-order valence-electron chi connectivity index (χ3n) is 14.6. The van der Waals surface area contributed by atoms with Crippen molar-refractivity contribution in [3.63, 3.8) is 0 Å². The predicted molar refractivity (Wildman–Crippen MR) is 290 cm³/mol. The van der Waals surface area contributed by atoms with Crippen molar-refractivity contribution < 1.29 is 66.9 Å². The topological polar surface area (TPSA) is 27.7 Å². The minimum Gasteiger partial charge on any atom is -0.456 e. The van der Waals surface area contributed by atoms with Crippen LogP contribution in [0.5, 0.6) is 11.5 Å². The van der Waals surface area contributed by atoms with Crippen LogP contribution in [0.2, 0.25) is 0 Å². The molecule has 0 N–H and O–H groups in total. The zero-order chi connectivity index (χ0) is 58.3. The molecule has 81 heavy (non-hydrogen) atoms. The number of hydrogen-bond acceptors (Lipinski definition) is 3. The van der Waals surface area contributed by atoms with E-state index in [2.05, 4.69) is 0 Å². The van der Waals surface area contributed by atoms with Gasteiger partial charge in [0.1, 0.15) is 23.1 Å². The minimum atomic E-state index is -4.88. The van der Waals surface area contributed by atoms with Crippen LogP contribution in [0.15, 0.2) is 170 Å². The second-order valence-corrected chi connectivity index (χ2v) is 20.0. The maximum absolute atomic E-state index is 18.0. The second-order valence-electron chi connectivity index (χ2n) is 20.0. The number of aryl methyl sites for hydroxylation is 2. The quantitative estimate of drug-likeness (QED) is 0.0633. The average molecular weight is 1130 g/mol. The third kappa shape index (κ3) is 13.7. The first-order valence-electron chi connectivity index (χ1n) is 26.3. The smallest absolute Gasteiger partial charge is 0.394 e. The van der Waals surface area contributed by atoms with Gasteiger partial charge in [0.25, 0.3) is 0 Å². The summed E-state index contributed by atoms with van der Waals surface area (Å²) in [7, 11) is 2.13. The van der Waals surface area contributed by atoms with Crippen molar-refractivity contribution in [1.82, 2.24) is 0 Å². The van der Waals surface area contributed by atoms with Crippen LogP contribution in [-0.2, 0) is 59.8 Å². The Hall–Kier alpha value is -7.36. The van der Waals surface area contributed by atoms with E-state index in [-0.39, 0.29) is 33.4 Å². The van der Waals surface area contributed by atoms with E-state index >= 15 is 26.3 Å². The highest BCUT2D eigenvalue weighted by molar-refractivity contribution is 5.67. The number of hydrogen-bond donors (Lipinski definition) is 0. The molecule has 0 aliphatic heterocycles. The third-order valence-corrected chi connectivity index (χ3v) is 14.6. The van der Waals surface area contributed by atoms with Gasteiger partial charge in [0, 0.05) is 36.5 Å². The van der Waals surface area contributed by atoms with Crippen LogP contribution in [0.3, 0.4) is 0 Å². The van der Waals surface area contributed by atoms with Crippen LogP contribution >= 0.6 is 0 Å². The van der Waals surface area contributed by atoms with Gasteiger partial charge >= 0.3 is 24.2 Å². The molecule has 0 spiro atoms. The molecule has 15 heteroatoms. The molecule has 0 aromatic heterocycles. The number of methoxy groups -OCH3 is 2. The van der Waals surface area contributed by atoms with Crippen LogP contribution in [-0.4, -0.2) is 39.8 Å². The number of benzene rings is 8. The molecule has 0 radical (unpaired) electrons. The number of alkyl halides is 10. The first kappa shape index (κ1) is 59.8. The van der Waals surface area contributed by atoms with E-state index in [1.54, 1.807) is 48.5 Å². The van der Waals surface area contributed by atoms with Gasteiger partial charge in [0.2, 0.25) is 0 Å². The van der Waals surface area contributed by atoms with Crippen molar-refractivity contribution in [1.29, 1.82) is 0 Å². The summed E-state index contributed by atoms with van der Waals surface area (Å²) in [5.41, 5.74) is -0.894. The van der Waals surface area contributed by atoms with Crippen LogP contribution in [0, 0.1) is 23.5 Å². The first-order chi connectivity index (χ1) is 38.6. The Bertz CT molecular complexity index is 3170. The lowest BCUT2D eigenvalue weighted by Gasteiger charge is -2.30. The van der Waals surface area contributed by atoms with E-state index in [1.807, 2.05) is 13.8 Å².